The Morgan fingerprint density at radius 1 is 1.21 bits per heavy atom. The molecule has 24 heavy (non-hydrogen) atoms. The van der Waals surface area contributed by atoms with E-state index in [4.69, 9.17) is 4.98 Å². The van der Waals surface area contributed by atoms with Crippen LogP contribution >= 0.6 is 0 Å². The van der Waals surface area contributed by atoms with Gasteiger partial charge in [0, 0.05) is 17.8 Å². The Bertz CT molecular complexity index is 871. The third kappa shape index (κ3) is 2.56. The van der Waals surface area contributed by atoms with Crippen LogP contribution in [0.3, 0.4) is 0 Å². The highest BCUT2D eigenvalue weighted by Gasteiger charge is 2.31. The van der Waals surface area contributed by atoms with Gasteiger partial charge < -0.3 is 4.90 Å². The summed E-state index contributed by atoms with van der Waals surface area (Å²) >= 11 is 0. The average Bonchev–Trinajstić information content (AvgIpc) is 3.09. The predicted octanol–water partition coefficient (Wildman–Crippen LogP) is 3.41. The van der Waals surface area contributed by atoms with Gasteiger partial charge in [-0.1, -0.05) is 18.2 Å². The highest BCUT2D eigenvalue weighted by Crippen LogP contribution is 2.31. The Labute approximate surface area is 141 Å². The zero-order valence-electron chi connectivity index (χ0n) is 13.7. The number of imidazole rings is 1. The normalized spacial score (nSPS) is 18.0. The molecule has 0 spiro atoms. The number of nitrogens with zero attached hydrogens (tertiary/aromatic N) is 4. The Morgan fingerprint density at radius 2 is 2.04 bits per heavy atom. The van der Waals surface area contributed by atoms with E-state index in [0.29, 0.717) is 0 Å². The van der Waals surface area contributed by atoms with E-state index in [0.717, 1.165) is 48.4 Å². The number of hydrogen-bond acceptors (Lipinski definition) is 3. The summed E-state index contributed by atoms with van der Waals surface area (Å²) in [6, 6.07) is 11.5. The molecule has 4 rings (SSSR count). The highest BCUT2D eigenvalue weighted by molar-refractivity contribution is 5.94. The smallest absolute Gasteiger partial charge is 0.254 e. The van der Waals surface area contributed by atoms with Crippen LogP contribution in [-0.4, -0.2) is 31.7 Å². The van der Waals surface area contributed by atoms with E-state index in [9.17, 15) is 4.79 Å². The zero-order valence-corrected chi connectivity index (χ0v) is 13.7. The molecule has 3 aromatic rings. The lowest BCUT2D eigenvalue weighted by molar-refractivity contribution is 0.0598. The number of aryl methyl sites for hydroxylation is 1. The fraction of sp³-hybridized carbons (Fsp3) is 0.316. The molecule has 1 aromatic carbocycles. The Kier molecular flexibility index (Phi) is 3.76. The molecule has 5 heteroatoms. The molecule has 1 aliphatic rings. The number of piperidine rings is 1. The summed E-state index contributed by atoms with van der Waals surface area (Å²) in [6.45, 7) is 2.76. The summed E-state index contributed by atoms with van der Waals surface area (Å²) in [5, 5.41) is 0. The van der Waals surface area contributed by atoms with Crippen LogP contribution in [0, 0.1) is 6.92 Å². The van der Waals surface area contributed by atoms with Gasteiger partial charge in [-0.15, -0.1) is 0 Å². The summed E-state index contributed by atoms with van der Waals surface area (Å²) in [4.78, 5) is 24.0. The van der Waals surface area contributed by atoms with Crippen LogP contribution in [0.4, 0.5) is 0 Å². The van der Waals surface area contributed by atoms with Gasteiger partial charge in [0.25, 0.3) is 5.91 Å². The quantitative estimate of drug-likeness (QED) is 0.727. The largest absolute Gasteiger partial charge is 0.328 e. The van der Waals surface area contributed by atoms with Crippen molar-refractivity contribution in [3.63, 3.8) is 0 Å². The van der Waals surface area contributed by atoms with Gasteiger partial charge in [0.15, 0.2) is 0 Å². The standard InChI is InChI=1S/C19H20N4O/c1-14-11-16-12-20-13-23(16)18(21-14)17-9-5-6-10-22(17)19(24)15-7-3-2-4-8-15/h2-4,7-8,11-13,17H,5-6,9-10H2,1H3/t17-/m0/s1. The molecule has 0 radical (unpaired) electrons. The number of likely N-dealkylation sites (tertiary alicyclic amines) is 1. The number of carbonyl (C=O) groups excluding carboxylic acids is 1. The molecule has 0 saturated carbocycles. The van der Waals surface area contributed by atoms with E-state index in [1.165, 1.54) is 0 Å². The van der Waals surface area contributed by atoms with Crippen molar-refractivity contribution < 1.29 is 4.79 Å². The molecule has 5 nitrogen and oxygen atoms in total. The molecule has 0 bridgehead atoms. The van der Waals surface area contributed by atoms with Crippen LogP contribution in [0.5, 0.6) is 0 Å². The second-order valence-electron chi connectivity index (χ2n) is 6.32. The van der Waals surface area contributed by atoms with Gasteiger partial charge in [0.1, 0.15) is 12.2 Å². The maximum atomic E-state index is 13.0. The van der Waals surface area contributed by atoms with Gasteiger partial charge in [0.2, 0.25) is 0 Å². The van der Waals surface area contributed by atoms with Crippen LogP contribution < -0.4 is 0 Å². The highest BCUT2D eigenvalue weighted by atomic mass is 16.2. The molecule has 1 fully saturated rings. The first-order valence-corrected chi connectivity index (χ1v) is 8.39. The maximum absolute atomic E-state index is 13.0. The van der Waals surface area contributed by atoms with Crippen molar-refractivity contribution in [1.29, 1.82) is 0 Å². The number of rotatable bonds is 2. The number of amides is 1. The molecular weight excluding hydrogens is 300 g/mol. The van der Waals surface area contributed by atoms with Gasteiger partial charge in [0.05, 0.1) is 17.8 Å². The third-order valence-corrected chi connectivity index (χ3v) is 4.64. The number of fused-ring (bicyclic) bond motifs is 1. The summed E-state index contributed by atoms with van der Waals surface area (Å²) in [7, 11) is 0. The van der Waals surface area contributed by atoms with Crippen molar-refractivity contribution in [2.45, 2.75) is 32.2 Å². The third-order valence-electron chi connectivity index (χ3n) is 4.64. The lowest BCUT2D eigenvalue weighted by Crippen LogP contribution is -2.39. The summed E-state index contributed by atoms with van der Waals surface area (Å²) < 4.78 is 2.01. The molecular formula is C19H20N4O. The van der Waals surface area contributed by atoms with Crippen molar-refractivity contribution in [2.24, 2.45) is 0 Å². The van der Waals surface area contributed by atoms with Crippen LogP contribution in [0.1, 0.15) is 47.2 Å². The molecule has 122 valence electrons. The first kappa shape index (κ1) is 14.9. The number of benzene rings is 1. The molecule has 1 saturated heterocycles. The Balaban J connectivity index is 1.77. The molecule has 1 aliphatic heterocycles. The zero-order chi connectivity index (χ0) is 16.5. The van der Waals surface area contributed by atoms with E-state index < -0.39 is 0 Å². The van der Waals surface area contributed by atoms with E-state index >= 15 is 0 Å². The van der Waals surface area contributed by atoms with E-state index in [2.05, 4.69) is 4.98 Å². The fourth-order valence-corrected chi connectivity index (χ4v) is 3.51. The lowest BCUT2D eigenvalue weighted by atomic mass is 9.99. The minimum atomic E-state index is -0.0111. The lowest BCUT2D eigenvalue weighted by Gasteiger charge is -2.35. The summed E-state index contributed by atoms with van der Waals surface area (Å²) in [5.74, 6) is 0.989. The van der Waals surface area contributed by atoms with E-state index in [1.807, 2.05) is 58.8 Å². The molecule has 1 amide bonds. The second-order valence-corrected chi connectivity index (χ2v) is 6.32. The minimum absolute atomic E-state index is 0.0111. The van der Waals surface area contributed by atoms with Crippen molar-refractivity contribution in [1.82, 2.24) is 19.3 Å². The number of aromatic nitrogens is 3. The molecule has 2 aromatic heterocycles. The van der Waals surface area contributed by atoms with Crippen LogP contribution in [0.2, 0.25) is 0 Å². The minimum Gasteiger partial charge on any atom is -0.328 e. The monoisotopic (exact) mass is 320 g/mol. The number of hydrogen-bond donors (Lipinski definition) is 0. The fourth-order valence-electron chi connectivity index (χ4n) is 3.51. The Hall–Kier alpha value is -2.69. The van der Waals surface area contributed by atoms with Crippen molar-refractivity contribution in [3.8, 4) is 0 Å². The topological polar surface area (TPSA) is 50.5 Å². The van der Waals surface area contributed by atoms with Crippen molar-refractivity contribution in [2.75, 3.05) is 6.54 Å². The van der Waals surface area contributed by atoms with E-state index in [1.54, 1.807) is 6.33 Å². The molecule has 0 N–H and O–H groups in total. The van der Waals surface area contributed by atoms with Crippen molar-refractivity contribution >= 4 is 11.4 Å². The van der Waals surface area contributed by atoms with E-state index in [-0.39, 0.29) is 11.9 Å². The van der Waals surface area contributed by atoms with Crippen LogP contribution in [0.25, 0.3) is 5.52 Å². The van der Waals surface area contributed by atoms with Gasteiger partial charge in [-0.2, -0.15) is 0 Å². The number of carbonyl (C=O) groups is 1. The van der Waals surface area contributed by atoms with Gasteiger partial charge >= 0.3 is 0 Å². The molecule has 3 heterocycles. The summed E-state index contributed by atoms with van der Waals surface area (Å²) in [5.41, 5.74) is 2.71. The Morgan fingerprint density at radius 3 is 2.88 bits per heavy atom. The van der Waals surface area contributed by atoms with Crippen molar-refractivity contribution in [3.05, 3.63) is 66.0 Å². The molecule has 0 aliphatic carbocycles. The summed E-state index contributed by atoms with van der Waals surface area (Å²) in [6.07, 6.45) is 6.70. The van der Waals surface area contributed by atoms with Gasteiger partial charge in [-0.25, -0.2) is 9.97 Å². The van der Waals surface area contributed by atoms with Crippen LogP contribution in [0.15, 0.2) is 48.9 Å². The first-order chi connectivity index (χ1) is 11.7. The predicted molar refractivity (Wildman–Crippen MR) is 91.8 cm³/mol. The second kappa shape index (κ2) is 6.07. The van der Waals surface area contributed by atoms with Crippen LogP contribution in [-0.2, 0) is 0 Å². The maximum Gasteiger partial charge on any atom is 0.254 e. The average molecular weight is 320 g/mol. The van der Waals surface area contributed by atoms with Gasteiger partial charge in [-0.05, 0) is 44.4 Å². The first-order valence-electron chi connectivity index (χ1n) is 8.39. The molecule has 1 atom stereocenters. The molecule has 0 unspecified atom stereocenters. The van der Waals surface area contributed by atoms with Gasteiger partial charge in [-0.3, -0.25) is 9.20 Å². The SMILES string of the molecule is Cc1cc2cncn2c([C@@H]2CCCCN2C(=O)c2ccccc2)n1.